The van der Waals surface area contributed by atoms with Crippen LogP contribution in [0.3, 0.4) is 0 Å². The molecule has 4 aromatic rings. The number of para-hydroxylation sites is 1. The Morgan fingerprint density at radius 3 is 2.62 bits per heavy atom. The molecule has 174 valence electrons. The monoisotopic (exact) mass is 459 g/mol. The lowest BCUT2D eigenvalue weighted by molar-refractivity contribution is 0.0943. The molecule has 3 N–H and O–H groups in total. The van der Waals surface area contributed by atoms with Crippen LogP contribution in [0.1, 0.15) is 27.3 Å². The molecular weight excluding hydrogens is 434 g/mol. The summed E-state index contributed by atoms with van der Waals surface area (Å²) in [6.07, 6.45) is 2.29. The fourth-order valence-corrected chi connectivity index (χ4v) is 3.50. The number of fused-ring (bicyclic) bond motifs is 1. The molecule has 0 atom stereocenters. The molecule has 4 rings (SSSR count). The fourth-order valence-electron chi connectivity index (χ4n) is 3.50. The summed E-state index contributed by atoms with van der Waals surface area (Å²) in [7, 11) is 3.03. The average molecular weight is 460 g/mol. The van der Waals surface area contributed by atoms with Gasteiger partial charge in [0.1, 0.15) is 11.3 Å². The van der Waals surface area contributed by atoms with E-state index < -0.39 is 0 Å². The van der Waals surface area contributed by atoms with E-state index in [1.807, 2.05) is 48.5 Å². The first-order valence-corrected chi connectivity index (χ1v) is 10.8. The van der Waals surface area contributed by atoms with Crippen molar-refractivity contribution < 1.29 is 19.1 Å². The van der Waals surface area contributed by atoms with Gasteiger partial charge in [-0.2, -0.15) is 5.10 Å². The number of hydrogen-bond donors (Lipinski definition) is 3. The number of nitrogens with zero attached hydrogens (tertiary/aromatic N) is 2. The van der Waals surface area contributed by atoms with Crippen molar-refractivity contribution in [2.45, 2.75) is 6.42 Å². The first-order chi connectivity index (χ1) is 16.6. The Kier molecular flexibility index (Phi) is 7.02. The number of hydrogen-bond acceptors (Lipinski definition) is 6. The standard InChI is InChI=1S/C25H25N5O4/c1-26-24(32)22-19-10-9-16(14-21(19)29-30-22)17-13-20(25(33-2)28-15-17)23(31)27-11-6-12-34-18-7-4-3-5-8-18/h3-5,7-10,13-15H,6,11-12H2,1-2H3,(H,26,32)(H,27,31)(H,29,30). The second-order valence-electron chi connectivity index (χ2n) is 7.46. The number of carbonyl (C=O) groups is 2. The maximum absolute atomic E-state index is 12.8. The molecule has 2 heterocycles. The molecule has 9 nitrogen and oxygen atoms in total. The van der Waals surface area contributed by atoms with Gasteiger partial charge >= 0.3 is 0 Å². The molecule has 0 bridgehead atoms. The van der Waals surface area contributed by atoms with E-state index in [1.165, 1.54) is 7.11 Å². The molecule has 0 radical (unpaired) electrons. The van der Waals surface area contributed by atoms with Gasteiger partial charge in [-0.25, -0.2) is 4.98 Å². The Morgan fingerprint density at radius 2 is 1.85 bits per heavy atom. The Bertz CT molecular complexity index is 1300. The third-order valence-electron chi connectivity index (χ3n) is 5.25. The summed E-state index contributed by atoms with van der Waals surface area (Å²) in [5, 5.41) is 13.1. The highest BCUT2D eigenvalue weighted by atomic mass is 16.5. The van der Waals surface area contributed by atoms with Gasteiger partial charge < -0.3 is 20.1 Å². The third kappa shape index (κ3) is 4.98. The normalized spacial score (nSPS) is 10.6. The summed E-state index contributed by atoms with van der Waals surface area (Å²) in [5.74, 6) is 0.490. The average Bonchev–Trinajstić information content (AvgIpc) is 3.31. The summed E-state index contributed by atoms with van der Waals surface area (Å²) >= 11 is 0. The summed E-state index contributed by atoms with van der Waals surface area (Å²) in [5.41, 5.74) is 2.92. The highest BCUT2D eigenvalue weighted by molar-refractivity contribution is 6.05. The number of methoxy groups -OCH3 is 1. The Morgan fingerprint density at radius 1 is 1.03 bits per heavy atom. The lowest BCUT2D eigenvalue weighted by atomic mass is 10.0. The summed E-state index contributed by atoms with van der Waals surface area (Å²) < 4.78 is 11.0. The van der Waals surface area contributed by atoms with Crippen LogP contribution in [0.4, 0.5) is 0 Å². The fraction of sp³-hybridized carbons (Fsp3) is 0.200. The zero-order valence-electron chi connectivity index (χ0n) is 18.9. The van der Waals surface area contributed by atoms with Gasteiger partial charge in [0, 0.05) is 30.7 Å². The Balaban J connectivity index is 1.45. The van der Waals surface area contributed by atoms with Crippen LogP contribution in [0.15, 0.2) is 60.8 Å². The molecule has 0 saturated heterocycles. The van der Waals surface area contributed by atoms with Gasteiger partial charge in [0.2, 0.25) is 5.88 Å². The number of ether oxygens (including phenoxy) is 2. The van der Waals surface area contributed by atoms with Crippen molar-refractivity contribution >= 4 is 22.7 Å². The van der Waals surface area contributed by atoms with Gasteiger partial charge in [-0.15, -0.1) is 0 Å². The molecule has 0 saturated carbocycles. The topological polar surface area (TPSA) is 118 Å². The first-order valence-electron chi connectivity index (χ1n) is 10.8. The van der Waals surface area contributed by atoms with Gasteiger partial charge in [-0.1, -0.05) is 24.3 Å². The Hall–Kier alpha value is -4.40. The zero-order valence-corrected chi connectivity index (χ0v) is 18.9. The molecule has 0 aliphatic carbocycles. The second kappa shape index (κ2) is 10.5. The van der Waals surface area contributed by atoms with E-state index in [1.54, 1.807) is 19.3 Å². The van der Waals surface area contributed by atoms with Crippen molar-refractivity contribution in [2.75, 3.05) is 27.3 Å². The van der Waals surface area contributed by atoms with E-state index in [0.29, 0.717) is 41.7 Å². The van der Waals surface area contributed by atoms with Crippen molar-refractivity contribution in [3.05, 3.63) is 72.1 Å². The lowest BCUT2D eigenvalue weighted by Gasteiger charge is -2.11. The van der Waals surface area contributed by atoms with Crippen LogP contribution in [-0.4, -0.2) is 54.3 Å². The van der Waals surface area contributed by atoms with E-state index in [4.69, 9.17) is 9.47 Å². The molecule has 0 unspecified atom stereocenters. The van der Waals surface area contributed by atoms with Crippen LogP contribution in [-0.2, 0) is 0 Å². The number of H-pyrrole nitrogens is 1. The van der Waals surface area contributed by atoms with Crippen LogP contribution in [0.2, 0.25) is 0 Å². The molecular formula is C25H25N5O4. The van der Waals surface area contributed by atoms with Crippen molar-refractivity contribution in [2.24, 2.45) is 0 Å². The van der Waals surface area contributed by atoms with Gasteiger partial charge in [-0.3, -0.25) is 14.7 Å². The predicted octanol–water partition coefficient (Wildman–Crippen LogP) is 3.19. The SMILES string of the molecule is CNC(=O)c1n[nH]c2cc(-c3cnc(OC)c(C(=O)NCCCOc4ccccc4)c3)ccc12. The molecule has 2 aromatic carbocycles. The molecule has 0 aliphatic rings. The molecule has 2 aromatic heterocycles. The van der Waals surface area contributed by atoms with Crippen molar-refractivity contribution in [3.63, 3.8) is 0 Å². The molecule has 0 aliphatic heterocycles. The van der Waals surface area contributed by atoms with E-state index in [0.717, 1.165) is 16.9 Å². The minimum Gasteiger partial charge on any atom is -0.494 e. The zero-order chi connectivity index (χ0) is 23.9. The van der Waals surface area contributed by atoms with Crippen molar-refractivity contribution in [1.82, 2.24) is 25.8 Å². The maximum Gasteiger partial charge on any atom is 0.272 e. The number of nitrogens with one attached hydrogen (secondary N) is 3. The number of aromatic amines is 1. The molecule has 9 heteroatoms. The third-order valence-corrected chi connectivity index (χ3v) is 5.25. The number of carbonyl (C=O) groups excluding carboxylic acids is 2. The molecule has 0 spiro atoms. The van der Waals surface area contributed by atoms with Gasteiger partial charge in [-0.05, 0) is 42.3 Å². The van der Waals surface area contributed by atoms with Crippen molar-refractivity contribution in [3.8, 4) is 22.8 Å². The van der Waals surface area contributed by atoms with Gasteiger partial charge in [0.05, 0.1) is 19.2 Å². The number of pyridine rings is 1. The van der Waals surface area contributed by atoms with Crippen LogP contribution >= 0.6 is 0 Å². The van der Waals surface area contributed by atoms with Crippen molar-refractivity contribution in [1.29, 1.82) is 0 Å². The van der Waals surface area contributed by atoms with E-state index in [2.05, 4.69) is 25.8 Å². The van der Waals surface area contributed by atoms with E-state index >= 15 is 0 Å². The minimum atomic E-state index is -0.282. The van der Waals surface area contributed by atoms with Gasteiger partial charge in [0.25, 0.3) is 11.8 Å². The van der Waals surface area contributed by atoms with Crippen LogP contribution < -0.4 is 20.1 Å². The summed E-state index contributed by atoms with van der Waals surface area (Å²) in [6.45, 7) is 0.934. The van der Waals surface area contributed by atoms with Gasteiger partial charge in [0.15, 0.2) is 5.69 Å². The number of amides is 2. The number of rotatable bonds is 9. The number of benzene rings is 2. The highest BCUT2D eigenvalue weighted by Gasteiger charge is 2.17. The van der Waals surface area contributed by atoms with E-state index in [9.17, 15) is 9.59 Å². The molecule has 0 fully saturated rings. The lowest BCUT2D eigenvalue weighted by Crippen LogP contribution is -2.26. The Labute approximate surface area is 196 Å². The smallest absolute Gasteiger partial charge is 0.272 e. The summed E-state index contributed by atoms with van der Waals surface area (Å²) in [6, 6.07) is 16.8. The predicted molar refractivity (Wildman–Crippen MR) is 128 cm³/mol. The molecule has 34 heavy (non-hydrogen) atoms. The van der Waals surface area contributed by atoms with Crippen LogP contribution in [0, 0.1) is 0 Å². The largest absolute Gasteiger partial charge is 0.494 e. The summed E-state index contributed by atoms with van der Waals surface area (Å²) in [4.78, 5) is 29.1. The maximum atomic E-state index is 12.8. The number of aromatic nitrogens is 3. The van der Waals surface area contributed by atoms with Crippen LogP contribution in [0.25, 0.3) is 22.0 Å². The van der Waals surface area contributed by atoms with Crippen LogP contribution in [0.5, 0.6) is 11.6 Å². The first kappa shape index (κ1) is 22.8. The van der Waals surface area contributed by atoms with E-state index in [-0.39, 0.29) is 17.7 Å². The second-order valence-corrected chi connectivity index (χ2v) is 7.46. The quantitative estimate of drug-likeness (QED) is 0.331. The highest BCUT2D eigenvalue weighted by Crippen LogP contribution is 2.27. The minimum absolute atomic E-state index is 0.242. The molecule has 2 amide bonds.